The van der Waals surface area contributed by atoms with Gasteiger partial charge in [-0.3, -0.25) is 43.8 Å². The van der Waals surface area contributed by atoms with E-state index in [0.717, 1.165) is 59.0 Å². The summed E-state index contributed by atoms with van der Waals surface area (Å²) >= 11 is 0. The minimum Gasteiger partial charge on any atom is -0.369 e. The molecular weight excluding hydrogens is 690 g/mol. The summed E-state index contributed by atoms with van der Waals surface area (Å²) in [5.41, 5.74) is 5.03. The zero-order valence-electron chi connectivity index (χ0n) is 29.7. The van der Waals surface area contributed by atoms with Gasteiger partial charge >= 0.3 is 0 Å². The fourth-order valence-electron chi connectivity index (χ4n) is 7.20. The molecule has 2 aromatic carbocycles. The molecule has 0 aliphatic carbocycles. The second kappa shape index (κ2) is 14.5. The molecule has 0 spiro atoms. The van der Waals surface area contributed by atoms with Gasteiger partial charge < -0.3 is 20.5 Å². The minimum atomic E-state index is -0.993. The van der Waals surface area contributed by atoms with Crippen LogP contribution in [0, 0.1) is 0 Å². The van der Waals surface area contributed by atoms with Crippen molar-refractivity contribution in [1.29, 1.82) is 0 Å². The molecule has 54 heavy (non-hydrogen) atoms. The Balaban J connectivity index is 0.818. The van der Waals surface area contributed by atoms with Gasteiger partial charge in [-0.15, -0.1) is 0 Å². The highest BCUT2D eigenvalue weighted by Gasteiger charge is 2.44. The Morgan fingerprint density at radius 2 is 1.72 bits per heavy atom. The fourth-order valence-corrected chi connectivity index (χ4v) is 7.20. The van der Waals surface area contributed by atoms with Crippen molar-refractivity contribution in [2.75, 3.05) is 49.5 Å². The summed E-state index contributed by atoms with van der Waals surface area (Å²) in [6.07, 6.45) is 6.81. The minimum absolute atomic E-state index is 0.0761. The number of nitrogens with zero attached hydrogens (tertiary/aromatic N) is 7. The predicted octanol–water partition coefficient (Wildman–Crippen LogP) is 2.93. The first-order valence-electron chi connectivity index (χ1n) is 18.1. The van der Waals surface area contributed by atoms with Gasteiger partial charge in [-0.1, -0.05) is 6.92 Å². The van der Waals surface area contributed by atoms with Crippen LogP contribution in [0.1, 0.15) is 57.3 Å². The number of aromatic amines is 1. The average molecular weight is 730 g/mol. The van der Waals surface area contributed by atoms with Gasteiger partial charge in [0, 0.05) is 92.5 Å². The number of piperazine rings is 1. The molecule has 2 fully saturated rings. The Morgan fingerprint density at radius 3 is 2.50 bits per heavy atom. The maximum atomic E-state index is 13.3. The normalized spacial score (nSPS) is 17.6. The van der Waals surface area contributed by atoms with Crippen molar-refractivity contribution < 1.29 is 24.0 Å². The van der Waals surface area contributed by atoms with E-state index in [1.54, 1.807) is 24.3 Å². The second-order valence-corrected chi connectivity index (χ2v) is 13.6. The van der Waals surface area contributed by atoms with Crippen molar-refractivity contribution in [1.82, 2.24) is 45.2 Å². The van der Waals surface area contributed by atoms with Crippen LogP contribution in [0.25, 0.3) is 22.3 Å². The van der Waals surface area contributed by atoms with E-state index in [-0.39, 0.29) is 29.9 Å². The maximum absolute atomic E-state index is 13.3. The third-order valence-electron chi connectivity index (χ3n) is 10.1. The van der Waals surface area contributed by atoms with Gasteiger partial charge in [0.1, 0.15) is 11.7 Å². The summed E-state index contributed by atoms with van der Waals surface area (Å²) in [5.74, 6) is -1.81. The number of fused-ring (bicyclic) bond motifs is 2. The van der Waals surface area contributed by atoms with Crippen molar-refractivity contribution in [2.45, 2.75) is 38.8 Å². The van der Waals surface area contributed by atoms with Gasteiger partial charge in [-0.25, -0.2) is 4.98 Å². The van der Waals surface area contributed by atoms with Gasteiger partial charge in [-0.05, 0) is 61.4 Å². The van der Waals surface area contributed by atoms with Gasteiger partial charge in [0.05, 0.1) is 23.0 Å². The van der Waals surface area contributed by atoms with E-state index in [9.17, 15) is 24.0 Å². The van der Waals surface area contributed by atoms with Crippen LogP contribution < -0.4 is 20.9 Å². The highest BCUT2D eigenvalue weighted by atomic mass is 16.2. The maximum Gasteiger partial charge on any atom is 0.262 e. The lowest BCUT2D eigenvalue weighted by Crippen LogP contribution is -2.54. The molecule has 16 heteroatoms. The number of hydrogen-bond acceptors (Lipinski definition) is 11. The Labute approximate surface area is 309 Å². The van der Waals surface area contributed by atoms with Crippen LogP contribution in [0.4, 0.5) is 17.3 Å². The number of rotatable bonds is 11. The number of carbonyl (C=O) groups excluding carboxylic acids is 5. The molecular formula is C38H39N11O5. The molecule has 0 radical (unpaired) electrons. The monoisotopic (exact) mass is 729 g/mol. The molecule has 5 amide bonds. The molecule has 3 aromatic heterocycles. The van der Waals surface area contributed by atoms with Crippen molar-refractivity contribution in [3.63, 3.8) is 0 Å². The molecule has 1 unspecified atom stereocenters. The summed E-state index contributed by atoms with van der Waals surface area (Å²) in [4.78, 5) is 81.2. The SMILES string of the molecule is CCCn1cc(-c2nc(Nc3ccc(C(=O)NCCN4CCN(c5ccc6c(c5)C(=O)N(C5CCC(=O)NC5=O)C6=O)CC4)cc3)nc3[nH]ccc23)cn1. The highest BCUT2D eigenvalue weighted by Crippen LogP contribution is 2.31. The smallest absolute Gasteiger partial charge is 0.262 e. The van der Waals surface area contributed by atoms with Crippen LogP contribution in [0.3, 0.4) is 0 Å². The fraction of sp³-hybridized carbons (Fsp3) is 0.316. The lowest BCUT2D eigenvalue weighted by molar-refractivity contribution is -0.136. The van der Waals surface area contributed by atoms with Crippen LogP contribution in [-0.4, -0.2) is 109 Å². The number of hydrogen-bond donors (Lipinski definition) is 4. The summed E-state index contributed by atoms with van der Waals surface area (Å²) in [5, 5.41) is 13.9. The predicted molar refractivity (Wildman–Crippen MR) is 199 cm³/mol. The van der Waals surface area contributed by atoms with E-state index in [4.69, 9.17) is 4.98 Å². The number of H-pyrrole nitrogens is 1. The van der Waals surface area contributed by atoms with Gasteiger partial charge in [0.25, 0.3) is 17.7 Å². The van der Waals surface area contributed by atoms with E-state index in [0.29, 0.717) is 43.3 Å². The number of anilines is 3. The lowest BCUT2D eigenvalue weighted by Gasteiger charge is -2.36. The molecule has 16 nitrogen and oxygen atoms in total. The molecule has 3 aliphatic rings. The summed E-state index contributed by atoms with van der Waals surface area (Å²) in [7, 11) is 0. The molecule has 5 aromatic rings. The molecule has 2 saturated heterocycles. The summed E-state index contributed by atoms with van der Waals surface area (Å²) < 4.78 is 1.91. The molecule has 4 N–H and O–H groups in total. The average Bonchev–Trinajstić information content (AvgIpc) is 3.91. The highest BCUT2D eigenvalue weighted by molar-refractivity contribution is 6.23. The van der Waals surface area contributed by atoms with E-state index < -0.39 is 29.7 Å². The van der Waals surface area contributed by atoms with E-state index in [1.165, 1.54) is 0 Å². The Bertz CT molecular complexity index is 2270. The molecule has 0 saturated carbocycles. The number of nitrogens with one attached hydrogen (secondary N) is 4. The molecule has 276 valence electrons. The van der Waals surface area contributed by atoms with Crippen LogP contribution in [0.5, 0.6) is 0 Å². The van der Waals surface area contributed by atoms with Crippen LogP contribution in [0.2, 0.25) is 0 Å². The van der Waals surface area contributed by atoms with Crippen LogP contribution in [0.15, 0.2) is 67.1 Å². The van der Waals surface area contributed by atoms with Gasteiger partial charge in [0.2, 0.25) is 17.8 Å². The van der Waals surface area contributed by atoms with E-state index >= 15 is 0 Å². The number of carbonyl (C=O) groups is 5. The topological polar surface area (TPSA) is 191 Å². The first-order chi connectivity index (χ1) is 26.2. The number of aromatic nitrogens is 5. The first kappa shape index (κ1) is 34.7. The number of piperidine rings is 1. The molecule has 1 atom stereocenters. The Morgan fingerprint density at radius 1 is 0.926 bits per heavy atom. The summed E-state index contributed by atoms with van der Waals surface area (Å²) in [6.45, 7) is 6.99. The number of benzene rings is 2. The van der Waals surface area contributed by atoms with Crippen molar-refractivity contribution in [2.24, 2.45) is 0 Å². The standard InChI is InChI=1S/C38H39N11O5/c1-2-14-48-22-24(21-41-48)32-28-11-12-39-33(28)45-38(44-32)42-25-5-3-23(4-6-25)34(51)40-13-15-46-16-18-47(19-17-46)26-7-8-27-29(20-26)37(54)49(36(27)53)30-9-10-31(50)43-35(30)52/h3-8,11-12,20-22,30H,2,9-10,13-19H2,1H3,(H,40,51)(H,43,50,52)(H2,39,42,44,45). The molecule has 0 bridgehead atoms. The number of aryl methyl sites for hydroxylation is 1. The van der Waals surface area contributed by atoms with Gasteiger partial charge in [0.15, 0.2) is 0 Å². The van der Waals surface area contributed by atoms with E-state index in [2.05, 4.69) is 47.7 Å². The van der Waals surface area contributed by atoms with Crippen molar-refractivity contribution in [3.8, 4) is 11.3 Å². The number of imide groups is 2. The largest absolute Gasteiger partial charge is 0.369 e. The Hall–Kier alpha value is -6.42. The zero-order valence-corrected chi connectivity index (χ0v) is 29.7. The molecule has 8 rings (SSSR count). The van der Waals surface area contributed by atoms with Crippen LogP contribution in [-0.2, 0) is 16.1 Å². The molecule has 6 heterocycles. The van der Waals surface area contributed by atoms with E-state index in [1.807, 2.05) is 47.5 Å². The molecule has 3 aliphatic heterocycles. The zero-order chi connectivity index (χ0) is 37.3. The third-order valence-corrected chi connectivity index (χ3v) is 10.1. The van der Waals surface area contributed by atoms with Gasteiger partial charge in [-0.2, -0.15) is 10.1 Å². The van der Waals surface area contributed by atoms with Crippen molar-refractivity contribution in [3.05, 3.63) is 83.8 Å². The van der Waals surface area contributed by atoms with Crippen LogP contribution >= 0.6 is 0 Å². The third kappa shape index (κ3) is 6.78. The van der Waals surface area contributed by atoms with Crippen molar-refractivity contribution >= 4 is 57.9 Å². The lowest BCUT2D eigenvalue weighted by atomic mass is 10.0. The number of amides is 5. The second-order valence-electron chi connectivity index (χ2n) is 13.6. The first-order valence-corrected chi connectivity index (χ1v) is 18.1. The Kier molecular flexibility index (Phi) is 9.33. The summed E-state index contributed by atoms with van der Waals surface area (Å²) in [6, 6.07) is 13.3. The quantitative estimate of drug-likeness (QED) is 0.146.